The smallest absolute Gasteiger partial charge is 0.273 e. The van der Waals surface area contributed by atoms with E-state index in [-0.39, 0.29) is 18.8 Å². The molecule has 130 valence electrons. The summed E-state index contributed by atoms with van der Waals surface area (Å²) in [7, 11) is 1.49. The van der Waals surface area contributed by atoms with Gasteiger partial charge >= 0.3 is 0 Å². The predicted molar refractivity (Wildman–Crippen MR) is 88.8 cm³/mol. The molecule has 0 radical (unpaired) electrons. The van der Waals surface area contributed by atoms with Gasteiger partial charge < -0.3 is 24.1 Å². The maximum Gasteiger partial charge on any atom is 0.273 e. The van der Waals surface area contributed by atoms with Crippen molar-refractivity contribution in [1.29, 1.82) is 0 Å². The van der Waals surface area contributed by atoms with E-state index in [0.29, 0.717) is 17.1 Å². The van der Waals surface area contributed by atoms with Gasteiger partial charge in [0.1, 0.15) is 5.60 Å². The summed E-state index contributed by atoms with van der Waals surface area (Å²) in [6, 6.07) is 13.9. The van der Waals surface area contributed by atoms with E-state index in [1.807, 2.05) is 18.2 Å². The minimum Gasteiger partial charge on any atom is -0.461 e. The summed E-state index contributed by atoms with van der Waals surface area (Å²) in [4.78, 5) is 12.3. The van der Waals surface area contributed by atoms with Gasteiger partial charge in [-0.25, -0.2) is 0 Å². The lowest BCUT2D eigenvalue weighted by Crippen LogP contribution is -2.44. The number of methoxy groups -OCH3 is 1. The molecule has 0 aliphatic carbocycles. The van der Waals surface area contributed by atoms with Crippen LogP contribution in [0.4, 0.5) is 0 Å². The molecule has 3 aromatic rings. The number of carbonyl (C=O) groups is 1. The summed E-state index contributed by atoms with van der Waals surface area (Å²) >= 11 is 0. The van der Waals surface area contributed by atoms with Gasteiger partial charge in [0.2, 0.25) is 5.76 Å². The van der Waals surface area contributed by atoms with Crippen LogP contribution in [-0.4, -0.2) is 36.4 Å². The molecule has 1 amide bonds. The number of benzene rings is 1. The Hall–Kier alpha value is -2.90. The second-order valence-corrected chi connectivity index (χ2v) is 5.57. The van der Waals surface area contributed by atoms with Gasteiger partial charge in [0, 0.05) is 13.2 Å². The largest absolute Gasteiger partial charge is 0.461 e. The highest BCUT2D eigenvalue weighted by molar-refractivity contribution is 5.93. The Labute approximate surface area is 144 Å². The molecule has 1 atom stereocenters. The van der Waals surface area contributed by atoms with Gasteiger partial charge in [-0.1, -0.05) is 35.5 Å². The predicted octanol–water partition coefficient (Wildman–Crippen LogP) is 2.20. The molecule has 7 nitrogen and oxygen atoms in total. The van der Waals surface area contributed by atoms with Crippen molar-refractivity contribution in [3.05, 3.63) is 66.1 Å². The maximum absolute atomic E-state index is 12.3. The van der Waals surface area contributed by atoms with Crippen molar-refractivity contribution in [3.63, 3.8) is 0 Å². The lowest BCUT2D eigenvalue weighted by molar-refractivity contribution is -0.0335. The fourth-order valence-electron chi connectivity index (χ4n) is 2.46. The molecule has 2 heterocycles. The summed E-state index contributed by atoms with van der Waals surface area (Å²) in [6.07, 6.45) is 1.50. The van der Waals surface area contributed by atoms with E-state index in [2.05, 4.69) is 10.5 Å². The van der Waals surface area contributed by atoms with Crippen LogP contribution in [0.1, 0.15) is 16.1 Å². The molecular formula is C18H18N2O5. The first kappa shape index (κ1) is 16.9. The zero-order valence-electron chi connectivity index (χ0n) is 13.6. The summed E-state index contributed by atoms with van der Waals surface area (Å²) in [5, 5.41) is 17.2. The standard InChI is InChI=1S/C18H18N2O5/c1-23-12-18(22,13-6-3-2-4-7-13)11-19-17(21)14-10-16(25-20-14)15-8-5-9-24-15/h2-10,22H,11-12H2,1H3,(H,19,21). The van der Waals surface area contributed by atoms with Crippen LogP contribution < -0.4 is 5.32 Å². The van der Waals surface area contributed by atoms with E-state index < -0.39 is 11.5 Å². The van der Waals surface area contributed by atoms with Crippen LogP contribution in [0.3, 0.4) is 0 Å². The molecule has 0 bridgehead atoms. The Morgan fingerprint density at radius 3 is 2.72 bits per heavy atom. The number of ether oxygens (including phenoxy) is 1. The monoisotopic (exact) mass is 342 g/mol. The van der Waals surface area contributed by atoms with Crippen molar-refractivity contribution in [2.45, 2.75) is 5.60 Å². The van der Waals surface area contributed by atoms with Crippen molar-refractivity contribution in [1.82, 2.24) is 10.5 Å². The normalized spacial score (nSPS) is 13.4. The zero-order chi connectivity index (χ0) is 17.7. The fourth-order valence-corrected chi connectivity index (χ4v) is 2.46. The van der Waals surface area contributed by atoms with Gasteiger partial charge in [-0.15, -0.1) is 0 Å². The fraction of sp³-hybridized carbons (Fsp3) is 0.222. The van der Waals surface area contributed by atoms with Gasteiger partial charge in [0.05, 0.1) is 19.4 Å². The lowest BCUT2D eigenvalue weighted by atomic mass is 9.94. The van der Waals surface area contributed by atoms with Crippen molar-refractivity contribution >= 4 is 5.91 Å². The molecule has 0 aliphatic rings. The number of carbonyl (C=O) groups excluding carboxylic acids is 1. The maximum atomic E-state index is 12.3. The molecule has 0 spiro atoms. The number of aliphatic hydroxyl groups is 1. The second kappa shape index (κ2) is 7.33. The number of nitrogens with one attached hydrogen (secondary N) is 1. The van der Waals surface area contributed by atoms with Crippen LogP contribution in [0.2, 0.25) is 0 Å². The first-order valence-electron chi connectivity index (χ1n) is 7.68. The number of rotatable bonds is 7. The number of furan rings is 1. The third kappa shape index (κ3) is 3.78. The summed E-state index contributed by atoms with van der Waals surface area (Å²) < 4.78 is 15.4. The summed E-state index contributed by atoms with van der Waals surface area (Å²) in [5.74, 6) is 0.365. The van der Waals surface area contributed by atoms with Gasteiger partial charge in [0.25, 0.3) is 5.91 Å². The van der Waals surface area contributed by atoms with Crippen molar-refractivity contribution in [3.8, 4) is 11.5 Å². The highest BCUT2D eigenvalue weighted by Gasteiger charge is 2.30. The van der Waals surface area contributed by atoms with E-state index in [1.165, 1.54) is 19.4 Å². The molecule has 1 aromatic carbocycles. The molecular weight excluding hydrogens is 324 g/mol. The first-order valence-corrected chi connectivity index (χ1v) is 7.68. The highest BCUT2D eigenvalue weighted by Crippen LogP contribution is 2.22. The second-order valence-electron chi connectivity index (χ2n) is 5.57. The Balaban J connectivity index is 1.70. The lowest BCUT2D eigenvalue weighted by Gasteiger charge is -2.28. The minimum atomic E-state index is -1.35. The Morgan fingerprint density at radius 1 is 1.24 bits per heavy atom. The van der Waals surface area contributed by atoms with Crippen molar-refractivity contribution in [2.24, 2.45) is 0 Å². The van der Waals surface area contributed by atoms with Crippen LogP contribution in [0.5, 0.6) is 0 Å². The summed E-state index contributed by atoms with van der Waals surface area (Å²) in [5.41, 5.74) is -0.605. The van der Waals surface area contributed by atoms with Crippen molar-refractivity contribution < 1.29 is 23.6 Å². The summed E-state index contributed by atoms with van der Waals surface area (Å²) in [6.45, 7) is 0.000383. The molecule has 25 heavy (non-hydrogen) atoms. The zero-order valence-corrected chi connectivity index (χ0v) is 13.6. The van der Waals surface area contributed by atoms with Gasteiger partial charge in [0.15, 0.2) is 11.5 Å². The Morgan fingerprint density at radius 2 is 2.04 bits per heavy atom. The Bertz CT molecular complexity index is 813. The quantitative estimate of drug-likeness (QED) is 0.683. The highest BCUT2D eigenvalue weighted by atomic mass is 16.5. The number of hydrogen-bond acceptors (Lipinski definition) is 6. The molecule has 1 unspecified atom stereocenters. The van der Waals surface area contributed by atoms with E-state index in [1.54, 1.807) is 24.3 Å². The molecule has 0 saturated heterocycles. The van der Waals surface area contributed by atoms with Gasteiger partial charge in [-0.3, -0.25) is 4.79 Å². The molecule has 0 fully saturated rings. The van der Waals surface area contributed by atoms with E-state index in [0.717, 1.165) is 0 Å². The Kier molecular flexibility index (Phi) is 4.97. The average Bonchev–Trinajstić information content (AvgIpc) is 3.32. The van der Waals surface area contributed by atoms with Crippen LogP contribution >= 0.6 is 0 Å². The first-order chi connectivity index (χ1) is 12.1. The van der Waals surface area contributed by atoms with Crippen LogP contribution in [0.25, 0.3) is 11.5 Å². The van der Waals surface area contributed by atoms with Crippen LogP contribution in [0, 0.1) is 0 Å². The molecule has 0 aliphatic heterocycles. The molecule has 2 aromatic heterocycles. The van der Waals surface area contributed by atoms with E-state index in [9.17, 15) is 9.90 Å². The van der Waals surface area contributed by atoms with Crippen LogP contribution in [-0.2, 0) is 10.3 Å². The average molecular weight is 342 g/mol. The number of amides is 1. The molecule has 0 saturated carbocycles. The minimum absolute atomic E-state index is 0.0351. The topological polar surface area (TPSA) is 97.7 Å². The van der Waals surface area contributed by atoms with Crippen molar-refractivity contribution in [2.75, 3.05) is 20.3 Å². The van der Waals surface area contributed by atoms with E-state index >= 15 is 0 Å². The van der Waals surface area contributed by atoms with Crippen LogP contribution in [0.15, 0.2) is 63.7 Å². The number of nitrogens with zero attached hydrogens (tertiary/aromatic N) is 1. The number of aromatic nitrogens is 1. The third-order valence-corrected chi connectivity index (χ3v) is 3.74. The van der Waals surface area contributed by atoms with E-state index in [4.69, 9.17) is 13.7 Å². The van der Waals surface area contributed by atoms with Gasteiger partial charge in [-0.05, 0) is 17.7 Å². The van der Waals surface area contributed by atoms with Gasteiger partial charge in [-0.2, -0.15) is 0 Å². The number of hydrogen-bond donors (Lipinski definition) is 2. The third-order valence-electron chi connectivity index (χ3n) is 3.74. The molecule has 2 N–H and O–H groups in total. The molecule has 3 rings (SSSR count). The molecule has 7 heteroatoms. The SMILES string of the molecule is COCC(O)(CNC(=O)c1cc(-c2ccco2)on1)c1ccccc1.